The van der Waals surface area contributed by atoms with Gasteiger partial charge in [0.1, 0.15) is 10.7 Å². The van der Waals surface area contributed by atoms with Gasteiger partial charge < -0.3 is 0 Å². The molecule has 2 rings (SSSR count). The molecule has 0 saturated carbocycles. The fraction of sp³-hybridized carbons (Fsp3) is 0.143. The smallest absolute Gasteiger partial charge is 0.263 e. The van der Waals surface area contributed by atoms with Gasteiger partial charge in [-0.1, -0.05) is 15.9 Å². The third-order valence-corrected chi connectivity index (χ3v) is 6.11. The summed E-state index contributed by atoms with van der Waals surface area (Å²) in [5, 5.41) is 0. The van der Waals surface area contributed by atoms with Crippen LogP contribution in [0.25, 0.3) is 0 Å². The molecule has 0 radical (unpaired) electrons. The second kappa shape index (κ2) is 6.06. The zero-order chi connectivity index (χ0) is 15.8. The maximum absolute atomic E-state index is 13.2. The van der Waals surface area contributed by atoms with Crippen molar-refractivity contribution < 1.29 is 12.8 Å². The maximum atomic E-state index is 13.2. The summed E-state index contributed by atoms with van der Waals surface area (Å²) in [5.74, 6) is -0.378. The Bertz CT molecular complexity index is 807. The molecule has 0 fully saturated rings. The number of hydrogen-bond donors (Lipinski definition) is 1. The zero-order valence-electron chi connectivity index (χ0n) is 11.2. The Morgan fingerprint density at radius 2 is 1.67 bits per heavy atom. The van der Waals surface area contributed by atoms with Crippen molar-refractivity contribution in [3.8, 4) is 0 Å². The molecule has 0 saturated heterocycles. The van der Waals surface area contributed by atoms with Crippen molar-refractivity contribution >= 4 is 47.6 Å². The van der Waals surface area contributed by atoms with Crippen molar-refractivity contribution in [2.24, 2.45) is 0 Å². The standard InChI is InChI=1S/C14H12Br2FNO2S/c1-8-6-12(16)14(7-11(8)15)21(19,20)18-10-3-4-13(17)9(2)5-10/h3-7,18H,1-2H3. The topological polar surface area (TPSA) is 46.2 Å². The van der Waals surface area contributed by atoms with E-state index in [1.54, 1.807) is 13.0 Å². The highest BCUT2D eigenvalue weighted by molar-refractivity contribution is 9.11. The van der Waals surface area contributed by atoms with Crippen molar-refractivity contribution in [1.29, 1.82) is 0 Å². The van der Waals surface area contributed by atoms with Crippen LogP contribution in [0.15, 0.2) is 44.2 Å². The Balaban J connectivity index is 2.43. The molecule has 3 nitrogen and oxygen atoms in total. The van der Waals surface area contributed by atoms with E-state index < -0.39 is 10.0 Å². The van der Waals surface area contributed by atoms with E-state index in [4.69, 9.17) is 0 Å². The molecule has 0 aromatic heterocycles. The van der Waals surface area contributed by atoms with E-state index in [1.807, 2.05) is 6.92 Å². The van der Waals surface area contributed by atoms with Crippen molar-refractivity contribution in [2.75, 3.05) is 4.72 Å². The number of sulfonamides is 1. The lowest BCUT2D eigenvalue weighted by molar-refractivity contribution is 0.600. The van der Waals surface area contributed by atoms with Crippen LogP contribution in [0, 0.1) is 19.7 Å². The molecule has 112 valence electrons. The number of aryl methyl sites for hydroxylation is 2. The summed E-state index contributed by atoms with van der Waals surface area (Å²) in [7, 11) is -3.76. The first-order chi connectivity index (χ1) is 9.70. The minimum Gasteiger partial charge on any atom is -0.280 e. The minimum absolute atomic E-state index is 0.113. The summed E-state index contributed by atoms with van der Waals surface area (Å²) in [6.45, 7) is 3.44. The normalized spacial score (nSPS) is 11.5. The van der Waals surface area contributed by atoms with E-state index >= 15 is 0 Å². The van der Waals surface area contributed by atoms with E-state index in [-0.39, 0.29) is 10.7 Å². The van der Waals surface area contributed by atoms with Crippen LogP contribution in [0.2, 0.25) is 0 Å². The molecule has 7 heteroatoms. The van der Waals surface area contributed by atoms with Crippen LogP contribution >= 0.6 is 31.9 Å². The number of anilines is 1. The van der Waals surface area contributed by atoms with Crippen LogP contribution in [0.5, 0.6) is 0 Å². The van der Waals surface area contributed by atoms with Crippen molar-refractivity contribution in [3.63, 3.8) is 0 Å². The molecule has 0 unspecified atom stereocenters. The van der Waals surface area contributed by atoms with Gasteiger partial charge in [-0.3, -0.25) is 4.72 Å². The van der Waals surface area contributed by atoms with E-state index in [0.717, 1.165) is 5.56 Å². The molecule has 0 heterocycles. The fourth-order valence-corrected chi connectivity index (χ4v) is 4.48. The third kappa shape index (κ3) is 3.64. The quantitative estimate of drug-likeness (QED) is 0.753. The Labute approximate surface area is 139 Å². The second-order valence-corrected chi connectivity index (χ2v) is 7.96. The molecule has 2 aromatic rings. The molecule has 0 aliphatic rings. The summed E-state index contributed by atoms with van der Waals surface area (Å²) >= 11 is 6.57. The molecule has 21 heavy (non-hydrogen) atoms. The van der Waals surface area contributed by atoms with Gasteiger partial charge in [-0.25, -0.2) is 12.8 Å². The van der Waals surface area contributed by atoms with Crippen LogP contribution in [0.1, 0.15) is 11.1 Å². The summed E-state index contributed by atoms with van der Waals surface area (Å²) in [4.78, 5) is 0.113. The number of benzene rings is 2. The minimum atomic E-state index is -3.76. The molecular weight excluding hydrogens is 425 g/mol. The van der Waals surface area contributed by atoms with Gasteiger partial charge >= 0.3 is 0 Å². The van der Waals surface area contributed by atoms with Gasteiger partial charge in [0.2, 0.25) is 0 Å². The highest BCUT2D eigenvalue weighted by Gasteiger charge is 2.19. The first-order valence-electron chi connectivity index (χ1n) is 5.95. The van der Waals surface area contributed by atoms with E-state index in [0.29, 0.717) is 20.2 Å². The monoisotopic (exact) mass is 435 g/mol. The number of nitrogens with one attached hydrogen (secondary N) is 1. The molecule has 0 amide bonds. The Hall–Kier alpha value is -0.920. The Kier molecular flexibility index (Phi) is 4.75. The number of hydrogen-bond acceptors (Lipinski definition) is 2. The molecule has 0 bridgehead atoms. The summed E-state index contributed by atoms with van der Waals surface area (Å²) in [5.41, 5.74) is 1.61. The Morgan fingerprint density at radius 1 is 1.00 bits per heavy atom. The molecule has 1 N–H and O–H groups in total. The van der Waals surface area contributed by atoms with E-state index in [1.165, 1.54) is 24.3 Å². The average Bonchev–Trinajstić information content (AvgIpc) is 2.37. The predicted molar refractivity (Wildman–Crippen MR) is 88.5 cm³/mol. The largest absolute Gasteiger partial charge is 0.280 e. The van der Waals surface area contributed by atoms with E-state index in [2.05, 4.69) is 36.6 Å². The van der Waals surface area contributed by atoms with Crippen LogP contribution < -0.4 is 4.72 Å². The van der Waals surface area contributed by atoms with Gasteiger partial charge in [-0.15, -0.1) is 0 Å². The third-order valence-electron chi connectivity index (χ3n) is 2.91. The van der Waals surface area contributed by atoms with Crippen LogP contribution in [0.4, 0.5) is 10.1 Å². The first kappa shape index (κ1) is 16.5. The second-order valence-electron chi connectivity index (χ2n) is 4.60. The molecule has 0 aliphatic heterocycles. The molecule has 0 atom stereocenters. The van der Waals surface area contributed by atoms with Gasteiger partial charge in [-0.2, -0.15) is 0 Å². The lowest BCUT2D eigenvalue weighted by Crippen LogP contribution is -2.14. The van der Waals surface area contributed by atoms with E-state index in [9.17, 15) is 12.8 Å². The van der Waals surface area contributed by atoms with Gasteiger partial charge in [0.05, 0.1) is 0 Å². The van der Waals surface area contributed by atoms with Crippen molar-refractivity contribution in [3.05, 3.63) is 56.2 Å². The molecule has 0 spiro atoms. The summed E-state index contributed by atoms with van der Waals surface area (Å²) in [6.07, 6.45) is 0. The van der Waals surface area contributed by atoms with Gasteiger partial charge in [0.25, 0.3) is 10.0 Å². The Morgan fingerprint density at radius 3 is 2.29 bits per heavy atom. The van der Waals surface area contributed by atoms with Gasteiger partial charge in [0, 0.05) is 14.6 Å². The average molecular weight is 437 g/mol. The van der Waals surface area contributed by atoms with Gasteiger partial charge in [-0.05, 0) is 71.2 Å². The first-order valence-corrected chi connectivity index (χ1v) is 9.02. The predicted octanol–water partition coefficient (Wildman–Crippen LogP) is 4.77. The fourth-order valence-electron chi connectivity index (χ4n) is 1.75. The zero-order valence-corrected chi connectivity index (χ0v) is 15.2. The molecule has 2 aromatic carbocycles. The number of halogens is 3. The van der Waals surface area contributed by atoms with Crippen LogP contribution in [-0.2, 0) is 10.0 Å². The molecule has 0 aliphatic carbocycles. The van der Waals surface area contributed by atoms with Gasteiger partial charge in [0.15, 0.2) is 0 Å². The highest BCUT2D eigenvalue weighted by atomic mass is 79.9. The highest BCUT2D eigenvalue weighted by Crippen LogP contribution is 2.30. The van der Waals surface area contributed by atoms with Crippen molar-refractivity contribution in [2.45, 2.75) is 18.7 Å². The SMILES string of the molecule is Cc1cc(NS(=O)(=O)c2cc(Br)c(C)cc2Br)ccc1F. The number of rotatable bonds is 3. The van der Waals surface area contributed by atoms with Crippen LogP contribution in [-0.4, -0.2) is 8.42 Å². The molecular formula is C14H12Br2FNO2S. The summed E-state index contributed by atoms with van der Waals surface area (Å²) < 4.78 is 41.7. The van der Waals surface area contributed by atoms with Crippen molar-refractivity contribution in [1.82, 2.24) is 0 Å². The van der Waals surface area contributed by atoms with Crippen LogP contribution in [0.3, 0.4) is 0 Å². The maximum Gasteiger partial charge on any atom is 0.263 e. The lowest BCUT2D eigenvalue weighted by atomic mass is 10.2. The summed E-state index contributed by atoms with van der Waals surface area (Å²) in [6, 6.07) is 7.31. The lowest BCUT2D eigenvalue weighted by Gasteiger charge is -2.12.